The molecule has 2 aliphatic heterocycles. The average Bonchev–Trinajstić information content (AvgIpc) is 3.21. The summed E-state index contributed by atoms with van der Waals surface area (Å²) in [6.45, 7) is 2.94. The van der Waals surface area contributed by atoms with E-state index < -0.39 is 0 Å². The van der Waals surface area contributed by atoms with Gasteiger partial charge in [-0.15, -0.1) is 0 Å². The van der Waals surface area contributed by atoms with Gasteiger partial charge in [0.2, 0.25) is 0 Å². The summed E-state index contributed by atoms with van der Waals surface area (Å²) >= 11 is 0. The molecule has 4 rings (SSSR count). The van der Waals surface area contributed by atoms with Gasteiger partial charge in [-0.05, 0) is 24.3 Å². The largest absolute Gasteiger partial charge is 0.486 e. The van der Waals surface area contributed by atoms with Crippen LogP contribution in [-0.4, -0.2) is 66.0 Å². The number of nitrogens with zero attached hydrogens (tertiary/aromatic N) is 2. The molecule has 1 N–H and O–H groups in total. The molecule has 2 amide bonds. The van der Waals surface area contributed by atoms with E-state index in [1.54, 1.807) is 46.3 Å². The van der Waals surface area contributed by atoms with Crippen LogP contribution in [0, 0.1) is 0 Å². The molecule has 0 spiro atoms. The monoisotopic (exact) mass is 341 g/mol. The Hall–Kier alpha value is -2.96. The van der Waals surface area contributed by atoms with Gasteiger partial charge in [0.25, 0.3) is 11.8 Å². The van der Waals surface area contributed by atoms with E-state index in [0.29, 0.717) is 62.1 Å². The normalized spacial score (nSPS) is 16.6. The molecule has 130 valence electrons. The van der Waals surface area contributed by atoms with Gasteiger partial charge in [-0.3, -0.25) is 9.59 Å². The molecule has 2 aliphatic rings. The number of fused-ring (bicyclic) bond motifs is 1. The fourth-order valence-corrected chi connectivity index (χ4v) is 3.16. The van der Waals surface area contributed by atoms with E-state index in [1.165, 1.54) is 0 Å². The highest BCUT2D eigenvalue weighted by atomic mass is 16.6. The lowest BCUT2D eigenvalue weighted by Gasteiger charge is -2.35. The van der Waals surface area contributed by atoms with Crippen molar-refractivity contribution in [1.82, 2.24) is 14.8 Å². The molecule has 25 heavy (non-hydrogen) atoms. The van der Waals surface area contributed by atoms with Gasteiger partial charge < -0.3 is 24.3 Å². The third-order valence-corrected chi connectivity index (χ3v) is 4.48. The average molecular weight is 341 g/mol. The van der Waals surface area contributed by atoms with Gasteiger partial charge in [-0.1, -0.05) is 6.07 Å². The third-order valence-electron chi connectivity index (χ3n) is 4.48. The molecule has 2 aromatic rings. The van der Waals surface area contributed by atoms with Crippen LogP contribution < -0.4 is 9.47 Å². The van der Waals surface area contributed by atoms with Crippen molar-refractivity contribution in [3.63, 3.8) is 0 Å². The first-order valence-corrected chi connectivity index (χ1v) is 8.34. The molecule has 1 aromatic carbocycles. The van der Waals surface area contributed by atoms with Crippen LogP contribution >= 0.6 is 0 Å². The van der Waals surface area contributed by atoms with Crippen LogP contribution in [0.1, 0.15) is 20.8 Å². The number of ether oxygens (including phenoxy) is 2. The van der Waals surface area contributed by atoms with Crippen molar-refractivity contribution in [3.8, 4) is 11.5 Å². The van der Waals surface area contributed by atoms with Gasteiger partial charge in [0.1, 0.15) is 18.9 Å². The number of hydrogen-bond donors (Lipinski definition) is 1. The zero-order valence-electron chi connectivity index (χ0n) is 13.7. The number of carbonyl (C=O) groups is 2. The third kappa shape index (κ3) is 2.93. The molecule has 0 saturated carbocycles. The summed E-state index contributed by atoms with van der Waals surface area (Å²) in [6, 6.07) is 8.91. The topological polar surface area (TPSA) is 74.9 Å². The maximum Gasteiger partial charge on any atom is 0.270 e. The lowest BCUT2D eigenvalue weighted by atomic mass is 10.1. The molecule has 3 heterocycles. The van der Waals surface area contributed by atoms with Crippen LogP contribution in [0.4, 0.5) is 0 Å². The van der Waals surface area contributed by atoms with E-state index in [1.807, 2.05) is 0 Å². The summed E-state index contributed by atoms with van der Waals surface area (Å²) in [4.78, 5) is 31.7. The smallest absolute Gasteiger partial charge is 0.270 e. The van der Waals surface area contributed by atoms with Crippen LogP contribution in [0.2, 0.25) is 0 Å². The quantitative estimate of drug-likeness (QED) is 0.896. The zero-order valence-corrected chi connectivity index (χ0v) is 13.7. The number of H-pyrrole nitrogens is 1. The Morgan fingerprint density at radius 3 is 2.32 bits per heavy atom. The maximum absolute atomic E-state index is 12.9. The number of rotatable bonds is 2. The minimum Gasteiger partial charge on any atom is -0.486 e. The van der Waals surface area contributed by atoms with E-state index in [2.05, 4.69) is 4.98 Å². The van der Waals surface area contributed by atoms with Gasteiger partial charge in [-0.2, -0.15) is 0 Å². The summed E-state index contributed by atoms with van der Waals surface area (Å²) in [5.41, 5.74) is 1.09. The van der Waals surface area contributed by atoms with E-state index in [-0.39, 0.29) is 11.8 Å². The van der Waals surface area contributed by atoms with E-state index in [4.69, 9.17) is 9.47 Å². The summed E-state index contributed by atoms with van der Waals surface area (Å²) in [5, 5.41) is 0. The van der Waals surface area contributed by atoms with Gasteiger partial charge in [0, 0.05) is 32.4 Å². The molecule has 7 nitrogen and oxygen atoms in total. The van der Waals surface area contributed by atoms with Crippen molar-refractivity contribution < 1.29 is 19.1 Å². The SMILES string of the molecule is O=C(c1ccc[nH]1)N1CCN(C(=O)c2cccc3c2OCCO3)CC1. The fourth-order valence-electron chi connectivity index (χ4n) is 3.16. The molecule has 1 saturated heterocycles. The van der Waals surface area contributed by atoms with E-state index >= 15 is 0 Å². The number of nitrogens with one attached hydrogen (secondary N) is 1. The first kappa shape index (κ1) is 15.6. The van der Waals surface area contributed by atoms with Gasteiger partial charge in [-0.25, -0.2) is 0 Å². The number of aromatic nitrogens is 1. The molecule has 7 heteroatoms. The number of hydrogen-bond acceptors (Lipinski definition) is 4. The van der Waals surface area contributed by atoms with Crippen molar-refractivity contribution >= 4 is 11.8 Å². The second-order valence-electron chi connectivity index (χ2n) is 6.00. The Kier molecular flexibility index (Phi) is 4.05. The molecule has 0 bridgehead atoms. The van der Waals surface area contributed by atoms with Gasteiger partial charge >= 0.3 is 0 Å². The minimum atomic E-state index is -0.0886. The van der Waals surface area contributed by atoms with Crippen molar-refractivity contribution in [2.24, 2.45) is 0 Å². The molecule has 1 aromatic heterocycles. The fraction of sp³-hybridized carbons (Fsp3) is 0.333. The summed E-state index contributed by atoms with van der Waals surface area (Å²) in [5.74, 6) is 1.00. The molecular formula is C18H19N3O4. The molecule has 0 radical (unpaired) electrons. The zero-order chi connectivity index (χ0) is 17.2. The number of aromatic amines is 1. The standard InChI is InChI=1S/C18H19N3O4/c22-17(13-3-1-5-15-16(13)25-12-11-24-15)20-7-9-21(10-8-20)18(23)14-4-2-6-19-14/h1-6,19H,7-12H2. The van der Waals surface area contributed by atoms with Gasteiger partial charge in [0.05, 0.1) is 5.56 Å². The Morgan fingerprint density at radius 2 is 1.60 bits per heavy atom. The first-order chi connectivity index (χ1) is 12.2. The Balaban J connectivity index is 1.44. The summed E-state index contributed by atoms with van der Waals surface area (Å²) in [7, 11) is 0. The van der Waals surface area contributed by atoms with Crippen molar-refractivity contribution in [1.29, 1.82) is 0 Å². The second-order valence-corrected chi connectivity index (χ2v) is 6.00. The first-order valence-electron chi connectivity index (χ1n) is 8.34. The highest BCUT2D eigenvalue weighted by molar-refractivity contribution is 5.98. The Labute approximate surface area is 145 Å². The van der Waals surface area contributed by atoms with Gasteiger partial charge in [0.15, 0.2) is 11.5 Å². The van der Waals surface area contributed by atoms with E-state index in [9.17, 15) is 9.59 Å². The maximum atomic E-state index is 12.9. The number of piperazine rings is 1. The molecule has 0 aliphatic carbocycles. The van der Waals surface area contributed by atoms with Crippen LogP contribution in [0.25, 0.3) is 0 Å². The molecule has 0 atom stereocenters. The number of carbonyl (C=O) groups excluding carboxylic acids is 2. The van der Waals surface area contributed by atoms with Crippen molar-refractivity contribution in [2.75, 3.05) is 39.4 Å². The predicted molar refractivity (Wildman–Crippen MR) is 90.0 cm³/mol. The van der Waals surface area contributed by atoms with Crippen LogP contribution in [0.15, 0.2) is 36.5 Å². The molecular weight excluding hydrogens is 322 g/mol. The second kappa shape index (κ2) is 6.51. The summed E-state index contributed by atoms with van der Waals surface area (Å²) in [6.07, 6.45) is 1.73. The highest BCUT2D eigenvalue weighted by Gasteiger charge is 2.28. The summed E-state index contributed by atoms with van der Waals surface area (Å²) < 4.78 is 11.2. The lowest BCUT2D eigenvalue weighted by molar-refractivity contribution is 0.0528. The molecule has 1 fully saturated rings. The predicted octanol–water partition coefficient (Wildman–Crippen LogP) is 1.38. The van der Waals surface area contributed by atoms with Crippen molar-refractivity contribution in [3.05, 3.63) is 47.8 Å². The van der Waals surface area contributed by atoms with E-state index in [0.717, 1.165) is 0 Å². The van der Waals surface area contributed by atoms with Crippen LogP contribution in [-0.2, 0) is 0 Å². The minimum absolute atomic E-state index is 0.0362. The number of benzene rings is 1. The molecule has 0 unspecified atom stereocenters. The Morgan fingerprint density at radius 1 is 0.880 bits per heavy atom. The number of para-hydroxylation sites is 1. The highest BCUT2D eigenvalue weighted by Crippen LogP contribution is 2.34. The van der Waals surface area contributed by atoms with Crippen LogP contribution in [0.3, 0.4) is 0 Å². The number of amides is 2. The van der Waals surface area contributed by atoms with Crippen molar-refractivity contribution in [2.45, 2.75) is 0 Å². The lowest BCUT2D eigenvalue weighted by Crippen LogP contribution is -2.50. The van der Waals surface area contributed by atoms with Crippen LogP contribution in [0.5, 0.6) is 11.5 Å². The Bertz CT molecular complexity index is 780.